The molecule has 2 unspecified atom stereocenters. The summed E-state index contributed by atoms with van der Waals surface area (Å²) in [5, 5.41) is 13.0. The van der Waals surface area contributed by atoms with Crippen molar-refractivity contribution >= 4 is 0 Å². The molecule has 0 aliphatic carbocycles. The molecule has 0 bridgehead atoms. The van der Waals surface area contributed by atoms with E-state index in [-0.39, 0.29) is 5.54 Å². The number of nitrogens with zero attached hydrogens (tertiary/aromatic N) is 3. The Balaban J connectivity index is 2.39. The maximum absolute atomic E-state index is 9.51. The van der Waals surface area contributed by atoms with Crippen molar-refractivity contribution in [2.24, 2.45) is 0 Å². The van der Waals surface area contributed by atoms with Gasteiger partial charge in [-0.1, -0.05) is 6.92 Å². The Kier molecular flexibility index (Phi) is 6.94. The lowest BCUT2D eigenvalue weighted by molar-refractivity contribution is 0.102. The second kappa shape index (κ2) is 7.97. The molecule has 116 valence electrons. The molecular weight excluding hydrogens is 248 g/mol. The lowest BCUT2D eigenvalue weighted by Crippen LogP contribution is -2.51. The van der Waals surface area contributed by atoms with Gasteiger partial charge in [-0.05, 0) is 53.6 Å². The van der Waals surface area contributed by atoms with Crippen LogP contribution in [0.2, 0.25) is 0 Å². The summed E-state index contributed by atoms with van der Waals surface area (Å²) in [4.78, 5) is 4.96. The Morgan fingerprint density at radius 3 is 2.60 bits per heavy atom. The third-order valence-electron chi connectivity index (χ3n) is 4.50. The van der Waals surface area contributed by atoms with E-state index in [0.717, 1.165) is 45.4 Å². The topological polar surface area (TPSA) is 42.3 Å². The number of piperazine rings is 1. The smallest absolute Gasteiger partial charge is 0.106 e. The van der Waals surface area contributed by atoms with E-state index in [1.165, 1.54) is 0 Å². The second-order valence-electron chi connectivity index (χ2n) is 6.58. The molecular formula is C16H32N4. The van der Waals surface area contributed by atoms with Crippen molar-refractivity contribution in [2.75, 3.05) is 33.2 Å². The Hall–Kier alpha value is -0.630. The summed E-state index contributed by atoms with van der Waals surface area (Å²) in [7, 11) is 2.20. The zero-order chi connectivity index (χ0) is 15.2. The van der Waals surface area contributed by atoms with Crippen LogP contribution < -0.4 is 5.32 Å². The molecule has 0 saturated carbocycles. The Morgan fingerprint density at radius 1 is 1.40 bits per heavy atom. The highest BCUT2D eigenvalue weighted by Crippen LogP contribution is 2.18. The molecule has 0 spiro atoms. The highest BCUT2D eigenvalue weighted by Gasteiger charge is 2.28. The molecule has 1 fully saturated rings. The summed E-state index contributed by atoms with van der Waals surface area (Å²) in [6.45, 7) is 13.2. The number of nitrogens with one attached hydrogen (secondary N) is 1. The molecule has 1 aliphatic rings. The van der Waals surface area contributed by atoms with Crippen LogP contribution in [0.4, 0.5) is 0 Å². The fraction of sp³-hybridized carbons (Fsp3) is 0.938. The largest absolute Gasteiger partial charge is 0.301 e. The van der Waals surface area contributed by atoms with Crippen LogP contribution in [0.5, 0.6) is 0 Å². The van der Waals surface area contributed by atoms with Crippen LogP contribution in [0.3, 0.4) is 0 Å². The van der Waals surface area contributed by atoms with Gasteiger partial charge < -0.3 is 9.80 Å². The van der Waals surface area contributed by atoms with Gasteiger partial charge >= 0.3 is 0 Å². The molecule has 4 nitrogen and oxygen atoms in total. The molecule has 1 heterocycles. The van der Waals surface area contributed by atoms with Gasteiger partial charge in [0.2, 0.25) is 0 Å². The van der Waals surface area contributed by atoms with E-state index in [0.29, 0.717) is 12.1 Å². The standard InChI is InChI=1S/C16H32N4/c1-6-16(13-17,18-14(2)3)8-7-9-20-11-10-19(5)15(4)12-20/h14-15,18H,6-12H2,1-5H3. The first-order chi connectivity index (χ1) is 9.42. The first-order valence-electron chi connectivity index (χ1n) is 8.04. The molecule has 2 atom stereocenters. The summed E-state index contributed by atoms with van der Waals surface area (Å²) in [6.07, 6.45) is 2.91. The number of rotatable bonds is 7. The first kappa shape index (κ1) is 17.4. The predicted octanol–water partition coefficient (Wildman–Crippen LogP) is 2.07. The maximum Gasteiger partial charge on any atom is 0.106 e. The van der Waals surface area contributed by atoms with Gasteiger partial charge in [-0.15, -0.1) is 0 Å². The molecule has 1 N–H and O–H groups in total. The van der Waals surface area contributed by atoms with Crippen LogP contribution in [0, 0.1) is 11.3 Å². The minimum atomic E-state index is -0.341. The van der Waals surface area contributed by atoms with E-state index in [9.17, 15) is 5.26 Å². The summed E-state index contributed by atoms with van der Waals surface area (Å²) in [5.74, 6) is 0. The summed E-state index contributed by atoms with van der Waals surface area (Å²) < 4.78 is 0. The Bertz CT molecular complexity index is 323. The second-order valence-corrected chi connectivity index (χ2v) is 6.58. The van der Waals surface area contributed by atoms with Crippen LogP contribution in [0.15, 0.2) is 0 Å². The molecule has 1 rings (SSSR count). The van der Waals surface area contributed by atoms with Gasteiger partial charge in [-0.3, -0.25) is 5.32 Å². The minimum absolute atomic E-state index is 0.341. The fourth-order valence-electron chi connectivity index (χ4n) is 3.00. The van der Waals surface area contributed by atoms with Crippen LogP contribution >= 0.6 is 0 Å². The average molecular weight is 280 g/mol. The van der Waals surface area contributed by atoms with Crippen molar-refractivity contribution < 1.29 is 0 Å². The first-order valence-corrected chi connectivity index (χ1v) is 8.04. The SMILES string of the molecule is CCC(C#N)(CCCN1CCN(C)C(C)C1)NC(C)C. The molecule has 20 heavy (non-hydrogen) atoms. The molecule has 0 aromatic heterocycles. The van der Waals surface area contributed by atoms with Crippen molar-refractivity contribution in [3.05, 3.63) is 0 Å². The van der Waals surface area contributed by atoms with Gasteiger partial charge in [0.15, 0.2) is 0 Å². The van der Waals surface area contributed by atoms with Crippen LogP contribution in [-0.2, 0) is 0 Å². The molecule has 0 aromatic rings. The van der Waals surface area contributed by atoms with Crippen molar-refractivity contribution in [1.82, 2.24) is 15.1 Å². The molecule has 1 saturated heterocycles. The van der Waals surface area contributed by atoms with E-state index in [4.69, 9.17) is 0 Å². The van der Waals surface area contributed by atoms with Crippen molar-refractivity contribution in [1.29, 1.82) is 5.26 Å². The van der Waals surface area contributed by atoms with E-state index in [2.05, 4.69) is 55.9 Å². The number of nitriles is 1. The molecule has 4 heteroatoms. The van der Waals surface area contributed by atoms with E-state index >= 15 is 0 Å². The van der Waals surface area contributed by atoms with Crippen molar-refractivity contribution in [3.8, 4) is 6.07 Å². The zero-order valence-electron chi connectivity index (χ0n) is 13.9. The van der Waals surface area contributed by atoms with Gasteiger partial charge in [-0.25, -0.2) is 0 Å². The summed E-state index contributed by atoms with van der Waals surface area (Å²) in [5.41, 5.74) is -0.341. The summed E-state index contributed by atoms with van der Waals surface area (Å²) >= 11 is 0. The number of hydrogen-bond acceptors (Lipinski definition) is 4. The van der Waals surface area contributed by atoms with Gasteiger partial charge in [0.05, 0.1) is 6.07 Å². The van der Waals surface area contributed by atoms with E-state index in [1.54, 1.807) is 0 Å². The third kappa shape index (κ3) is 5.05. The predicted molar refractivity (Wildman–Crippen MR) is 84.7 cm³/mol. The number of likely N-dealkylation sites (N-methyl/N-ethyl adjacent to an activating group) is 1. The number of hydrogen-bond donors (Lipinski definition) is 1. The molecule has 0 amide bonds. The van der Waals surface area contributed by atoms with Gasteiger partial charge in [0, 0.05) is 31.7 Å². The van der Waals surface area contributed by atoms with E-state index in [1.807, 2.05) is 0 Å². The van der Waals surface area contributed by atoms with E-state index < -0.39 is 0 Å². The zero-order valence-corrected chi connectivity index (χ0v) is 13.9. The van der Waals surface area contributed by atoms with Gasteiger partial charge in [-0.2, -0.15) is 5.26 Å². The lowest BCUT2D eigenvalue weighted by atomic mass is 9.91. The Morgan fingerprint density at radius 2 is 2.10 bits per heavy atom. The third-order valence-corrected chi connectivity index (χ3v) is 4.50. The highest BCUT2D eigenvalue weighted by molar-refractivity contribution is 5.06. The quantitative estimate of drug-likeness (QED) is 0.775. The average Bonchev–Trinajstić information content (AvgIpc) is 2.41. The maximum atomic E-state index is 9.51. The van der Waals surface area contributed by atoms with Gasteiger partial charge in [0.25, 0.3) is 0 Å². The Labute approximate surface area is 125 Å². The van der Waals surface area contributed by atoms with Crippen LogP contribution in [0.25, 0.3) is 0 Å². The molecule has 0 aromatic carbocycles. The van der Waals surface area contributed by atoms with Crippen LogP contribution in [0.1, 0.15) is 47.0 Å². The molecule has 0 radical (unpaired) electrons. The van der Waals surface area contributed by atoms with Crippen molar-refractivity contribution in [2.45, 2.75) is 64.6 Å². The summed E-state index contributed by atoms with van der Waals surface area (Å²) in [6, 6.07) is 3.51. The van der Waals surface area contributed by atoms with Crippen molar-refractivity contribution in [3.63, 3.8) is 0 Å². The highest BCUT2D eigenvalue weighted by atomic mass is 15.3. The minimum Gasteiger partial charge on any atom is -0.301 e. The lowest BCUT2D eigenvalue weighted by Gasteiger charge is -2.38. The normalized spacial score (nSPS) is 24.6. The monoisotopic (exact) mass is 280 g/mol. The van der Waals surface area contributed by atoms with Crippen LogP contribution in [-0.4, -0.2) is 60.6 Å². The van der Waals surface area contributed by atoms with Gasteiger partial charge in [0.1, 0.15) is 5.54 Å². The molecule has 1 aliphatic heterocycles. The fourth-order valence-corrected chi connectivity index (χ4v) is 3.00.